The number of aryl methyl sites for hydroxylation is 1. The van der Waals surface area contributed by atoms with Gasteiger partial charge < -0.3 is 10.3 Å². The molecule has 0 radical (unpaired) electrons. The molecule has 4 nitrogen and oxygen atoms in total. The molecule has 1 aromatic heterocycles. The lowest BCUT2D eigenvalue weighted by molar-refractivity contribution is 0.372. The van der Waals surface area contributed by atoms with Crippen molar-refractivity contribution in [1.82, 2.24) is 10.1 Å². The van der Waals surface area contributed by atoms with Crippen LogP contribution >= 0.6 is 0 Å². The summed E-state index contributed by atoms with van der Waals surface area (Å²) < 4.78 is 18.0. The van der Waals surface area contributed by atoms with Crippen LogP contribution in [0, 0.1) is 12.7 Å². The van der Waals surface area contributed by atoms with E-state index in [0.717, 1.165) is 11.1 Å². The van der Waals surface area contributed by atoms with Gasteiger partial charge in [0, 0.05) is 18.0 Å². The molecule has 17 heavy (non-hydrogen) atoms. The van der Waals surface area contributed by atoms with Crippen LogP contribution in [0.4, 0.5) is 4.39 Å². The first-order chi connectivity index (χ1) is 8.06. The summed E-state index contributed by atoms with van der Waals surface area (Å²) >= 11 is 0. The van der Waals surface area contributed by atoms with E-state index in [1.807, 2.05) is 6.92 Å². The lowest BCUT2D eigenvalue weighted by Gasteiger charge is -2.00. The van der Waals surface area contributed by atoms with Crippen LogP contribution in [0.5, 0.6) is 0 Å². The maximum atomic E-state index is 13.0. The van der Waals surface area contributed by atoms with Crippen LogP contribution in [-0.2, 0) is 6.42 Å². The molecule has 0 spiro atoms. The molecule has 2 aromatic rings. The number of halogens is 1. The standard InChI is InChI=1S/C12H14FN3O/c1-7-5-9(13)3-4-10(7)12-15-11(17-16-12)6-8(2)14/h3-5,8H,6,14H2,1-2H3. The summed E-state index contributed by atoms with van der Waals surface area (Å²) in [5.41, 5.74) is 7.19. The molecule has 90 valence electrons. The summed E-state index contributed by atoms with van der Waals surface area (Å²) in [6, 6.07) is 4.43. The predicted molar refractivity (Wildman–Crippen MR) is 61.8 cm³/mol. The molecule has 0 aliphatic carbocycles. The Kier molecular flexibility index (Phi) is 3.19. The maximum Gasteiger partial charge on any atom is 0.228 e. The zero-order chi connectivity index (χ0) is 12.4. The normalized spacial score (nSPS) is 12.7. The van der Waals surface area contributed by atoms with Gasteiger partial charge in [-0.15, -0.1) is 0 Å². The number of nitrogens with zero attached hydrogens (tertiary/aromatic N) is 2. The fraction of sp³-hybridized carbons (Fsp3) is 0.333. The van der Waals surface area contributed by atoms with Crippen molar-refractivity contribution in [2.45, 2.75) is 26.3 Å². The third-order valence-electron chi connectivity index (χ3n) is 2.39. The zero-order valence-electron chi connectivity index (χ0n) is 9.77. The first-order valence-corrected chi connectivity index (χ1v) is 5.41. The molecule has 1 heterocycles. The van der Waals surface area contributed by atoms with E-state index in [4.69, 9.17) is 10.3 Å². The van der Waals surface area contributed by atoms with Crippen LogP contribution in [0.25, 0.3) is 11.4 Å². The van der Waals surface area contributed by atoms with E-state index in [0.29, 0.717) is 18.1 Å². The monoisotopic (exact) mass is 235 g/mol. The van der Waals surface area contributed by atoms with Gasteiger partial charge in [0.2, 0.25) is 11.7 Å². The molecule has 0 saturated heterocycles. The van der Waals surface area contributed by atoms with Gasteiger partial charge in [-0.05, 0) is 37.6 Å². The van der Waals surface area contributed by atoms with E-state index < -0.39 is 0 Å². The Morgan fingerprint density at radius 1 is 1.47 bits per heavy atom. The highest BCUT2D eigenvalue weighted by Crippen LogP contribution is 2.21. The van der Waals surface area contributed by atoms with Gasteiger partial charge in [0.15, 0.2) is 0 Å². The van der Waals surface area contributed by atoms with Gasteiger partial charge in [0.1, 0.15) is 5.82 Å². The Hall–Kier alpha value is -1.75. The zero-order valence-corrected chi connectivity index (χ0v) is 9.77. The first kappa shape index (κ1) is 11.7. The van der Waals surface area contributed by atoms with Crippen LogP contribution in [-0.4, -0.2) is 16.2 Å². The molecule has 1 atom stereocenters. The van der Waals surface area contributed by atoms with E-state index in [2.05, 4.69) is 10.1 Å². The SMILES string of the molecule is Cc1cc(F)ccc1-c1noc(CC(C)N)n1. The van der Waals surface area contributed by atoms with Crippen molar-refractivity contribution < 1.29 is 8.91 Å². The highest BCUT2D eigenvalue weighted by atomic mass is 19.1. The van der Waals surface area contributed by atoms with Gasteiger partial charge in [0.05, 0.1) is 0 Å². The van der Waals surface area contributed by atoms with E-state index in [-0.39, 0.29) is 11.9 Å². The Bertz CT molecular complexity index is 522. The number of benzene rings is 1. The van der Waals surface area contributed by atoms with Gasteiger partial charge >= 0.3 is 0 Å². The average molecular weight is 235 g/mol. The van der Waals surface area contributed by atoms with Crippen molar-refractivity contribution in [3.8, 4) is 11.4 Å². The van der Waals surface area contributed by atoms with E-state index >= 15 is 0 Å². The molecule has 5 heteroatoms. The molecule has 1 aromatic carbocycles. The second-order valence-electron chi connectivity index (χ2n) is 4.15. The molecule has 1 unspecified atom stereocenters. The fourth-order valence-corrected chi connectivity index (χ4v) is 1.60. The number of nitrogens with two attached hydrogens (primary N) is 1. The summed E-state index contributed by atoms with van der Waals surface area (Å²) in [7, 11) is 0. The van der Waals surface area contributed by atoms with Crippen molar-refractivity contribution >= 4 is 0 Å². The van der Waals surface area contributed by atoms with Gasteiger partial charge in [-0.1, -0.05) is 5.16 Å². The minimum absolute atomic E-state index is 0.0300. The number of aromatic nitrogens is 2. The molecule has 2 N–H and O–H groups in total. The molecule has 2 rings (SSSR count). The second kappa shape index (κ2) is 4.63. The molecular weight excluding hydrogens is 221 g/mol. The van der Waals surface area contributed by atoms with E-state index in [1.54, 1.807) is 13.0 Å². The molecular formula is C12H14FN3O. The van der Waals surface area contributed by atoms with Crippen molar-refractivity contribution in [2.24, 2.45) is 5.73 Å². The van der Waals surface area contributed by atoms with E-state index in [1.165, 1.54) is 12.1 Å². The largest absolute Gasteiger partial charge is 0.339 e. The molecule has 0 aliphatic heterocycles. The summed E-state index contributed by atoms with van der Waals surface area (Å²) in [4.78, 5) is 4.23. The Morgan fingerprint density at radius 2 is 2.24 bits per heavy atom. The van der Waals surface area contributed by atoms with Crippen LogP contribution < -0.4 is 5.73 Å². The van der Waals surface area contributed by atoms with Crippen LogP contribution in [0.15, 0.2) is 22.7 Å². The van der Waals surface area contributed by atoms with Crippen molar-refractivity contribution in [1.29, 1.82) is 0 Å². The lowest BCUT2D eigenvalue weighted by atomic mass is 10.1. The van der Waals surface area contributed by atoms with Gasteiger partial charge in [-0.25, -0.2) is 4.39 Å². The third kappa shape index (κ3) is 2.68. The maximum absolute atomic E-state index is 13.0. The van der Waals surface area contributed by atoms with Crippen LogP contribution in [0.3, 0.4) is 0 Å². The van der Waals surface area contributed by atoms with Crippen LogP contribution in [0.2, 0.25) is 0 Å². The quantitative estimate of drug-likeness (QED) is 0.884. The van der Waals surface area contributed by atoms with Gasteiger partial charge in [-0.2, -0.15) is 4.98 Å². The Labute approximate surface area is 98.6 Å². The summed E-state index contributed by atoms with van der Waals surface area (Å²) in [5, 5.41) is 3.87. The number of rotatable bonds is 3. The van der Waals surface area contributed by atoms with Crippen molar-refractivity contribution in [3.63, 3.8) is 0 Å². The lowest BCUT2D eigenvalue weighted by Crippen LogP contribution is -2.17. The van der Waals surface area contributed by atoms with E-state index in [9.17, 15) is 4.39 Å². The summed E-state index contributed by atoms with van der Waals surface area (Å²) in [6.07, 6.45) is 0.535. The average Bonchev–Trinajstić information content (AvgIpc) is 2.65. The summed E-state index contributed by atoms with van der Waals surface area (Å²) in [6.45, 7) is 3.67. The molecule has 0 fully saturated rings. The first-order valence-electron chi connectivity index (χ1n) is 5.41. The van der Waals surface area contributed by atoms with Crippen molar-refractivity contribution in [2.75, 3.05) is 0 Å². The number of hydrogen-bond acceptors (Lipinski definition) is 4. The highest BCUT2D eigenvalue weighted by Gasteiger charge is 2.12. The minimum Gasteiger partial charge on any atom is -0.339 e. The Balaban J connectivity index is 2.30. The number of hydrogen-bond donors (Lipinski definition) is 1. The summed E-state index contributed by atoms with van der Waals surface area (Å²) in [5.74, 6) is 0.697. The van der Waals surface area contributed by atoms with Crippen LogP contribution in [0.1, 0.15) is 18.4 Å². The highest BCUT2D eigenvalue weighted by molar-refractivity contribution is 5.59. The predicted octanol–water partition coefficient (Wildman–Crippen LogP) is 2.07. The minimum atomic E-state index is -0.273. The fourth-order valence-electron chi connectivity index (χ4n) is 1.60. The second-order valence-corrected chi connectivity index (χ2v) is 4.15. The molecule has 0 amide bonds. The van der Waals surface area contributed by atoms with Crippen molar-refractivity contribution in [3.05, 3.63) is 35.5 Å². The van der Waals surface area contributed by atoms with Gasteiger partial charge in [0.25, 0.3) is 0 Å². The molecule has 0 aliphatic rings. The Morgan fingerprint density at radius 3 is 2.88 bits per heavy atom. The topological polar surface area (TPSA) is 64.9 Å². The molecule has 0 saturated carbocycles. The third-order valence-corrected chi connectivity index (χ3v) is 2.39. The van der Waals surface area contributed by atoms with Gasteiger partial charge in [-0.3, -0.25) is 0 Å². The smallest absolute Gasteiger partial charge is 0.228 e. The molecule has 0 bridgehead atoms.